The number of rotatable bonds is 2. The summed E-state index contributed by atoms with van der Waals surface area (Å²) in [7, 11) is 0. The number of hydrazine groups is 1. The van der Waals surface area contributed by atoms with E-state index >= 15 is 0 Å². The molecule has 82 valence electrons. The molecule has 0 radical (unpaired) electrons. The second-order valence-corrected chi connectivity index (χ2v) is 3.51. The first-order valence-electron chi connectivity index (χ1n) is 5.07. The van der Waals surface area contributed by atoms with Gasteiger partial charge in [-0.3, -0.25) is 10.8 Å². The first-order valence-corrected chi connectivity index (χ1v) is 5.07. The van der Waals surface area contributed by atoms with Crippen LogP contribution >= 0.6 is 0 Å². The highest BCUT2D eigenvalue weighted by atomic mass is 15.3. The molecule has 0 aromatic heterocycles. The zero-order valence-corrected chi connectivity index (χ0v) is 8.83. The minimum atomic E-state index is 0.118. The summed E-state index contributed by atoms with van der Waals surface area (Å²) < 4.78 is 0. The van der Waals surface area contributed by atoms with Crippen molar-refractivity contribution in [1.82, 2.24) is 10.7 Å². The Morgan fingerprint density at radius 3 is 2.69 bits per heavy atom. The van der Waals surface area contributed by atoms with Gasteiger partial charge in [0, 0.05) is 6.54 Å². The monoisotopic (exact) mass is 214 g/mol. The predicted molar refractivity (Wildman–Crippen MR) is 65.8 cm³/mol. The van der Waals surface area contributed by atoms with Crippen molar-refractivity contribution in [1.29, 1.82) is 5.41 Å². The first-order chi connectivity index (χ1) is 7.81. The van der Waals surface area contributed by atoms with Crippen LogP contribution in [0.1, 0.15) is 5.56 Å². The van der Waals surface area contributed by atoms with E-state index in [1.54, 1.807) is 0 Å². The number of nitrogens with one attached hydrogen (secondary N) is 3. The molecule has 2 rings (SSSR count). The van der Waals surface area contributed by atoms with E-state index in [1.165, 1.54) is 10.8 Å². The minimum Gasteiger partial charge on any atom is -0.351 e. The molecule has 0 aliphatic carbocycles. The van der Waals surface area contributed by atoms with Gasteiger partial charge < -0.3 is 5.32 Å². The van der Waals surface area contributed by atoms with Crippen LogP contribution in [0.2, 0.25) is 0 Å². The third-order valence-electron chi connectivity index (χ3n) is 2.48. The fraction of sp³-hybridized carbons (Fsp3) is 0.0833. The molecule has 16 heavy (non-hydrogen) atoms. The average Bonchev–Trinajstić information content (AvgIpc) is 2.35. The summed E-state index contributed by atoms with van der Waals surface area (Å²) in [4.78, 5) is 0. The van der Waals surface area contributed by atoms with Crippen LogP contribution in [-0.4, -0.2) is 5.96 Å². The lowest BCUT2D eigenvalue weighted by Gasteiger charge is -2.09. The van der Waals surface area contributed by atoms with Gasteiger partial charge in [0.2, 0.25) is 5.96 Å². The summed E-state index contributed by atoms with van der Waals surface area (Å²) in [6, 6.07) is 14.3. The summed E-state index contributed by atoms with van der Waals surface area (Å²) in [5.41, 5.74) is 3.41. The molecule has 0 spiro atoms. The number of hydrogen-bond donors (Lipinski definition) is 4. The molecule has 0 atom stereocenters. The van der Waals surface area contributed by atoms with Gasteiger partial charge in [-0.2, -0.15) is 0 Å². The Morgan fingerprint density at radius 1 is 1.12 bits per heavy atom. The Morgan fingerprint density at radius 2 is 1.88 bits per heavy atom. The van der Waals surface area contributed by atoms with E-state index in [4.69, 9.17) is 11.3 Å². The molecular formula is C12H14N4. The topological polar surface area (TPSA) is 73.9 Å². The zero-order valence-electron chi connectivity index (χ0n) is 8.83. The summed E-state index contributed by atoms with van der Waals surface area (Å²) in [6.07, 6.45) is 0. The van der Waals surface area contributed by atoms with Crippen molar-refractivity contribution < 1.29 is 0 Å². The Bertz CT molecular complexity index is 502. The van der Waals surface area contributed by atoms with Crippen LogP contribution in [0, 0.1) is 5.41 Å². The van der Waals surface area contributed by atoms with Gasteiger partial charge in [-0.05, 0) is 16.3 Å². The summed E-state index contributed by atoms with van der Waals surface area (Å²) in [5.74, 6) is 5.23. The van der Waals surface area contributed by atoms with Crippen molar-refractivity contribution >= 4 is 16.7 Å². The normalized spacial score (nSPS) is 10.1. The van der Waals surface area contributed by atoms with Gasteiger partial charge >= 0.3 is 0 Å². The van der Waals surface area contributed by atoms with Crippen molar-refractivity contribution in [3.63, 3.8) is 0 Å². The zero-order chi connectivity index (χ0) is 11.4. The molecule has 2 aromatic rings. The van der Waals surface area contributed by atoms with E-state index in [2.05, 4.69) is 28.9 Å². The van der Waals surface area contributed by atoms with Gasteiger partial charge in [-0.15, -0.1) is 0 Å². The number of nitrogens with two attached hydrogens (primary N) is 1. The molecule has 0 amide bonds. The quantitative estimate of drug-likeness (QED) is 0.264. The van der Waals surface area contributed by atoms with Crippen molar-refractivity contribution in [3.05, 3.63) is 48.0 Å². The standard InChI is InChI=1S/C12H14N4/c13-12(16-14)15-8-10-6-3-5-9-4-1-2-7-11(9)10/h1-7H,8,14H2,(H3,13,15,16). The van der Waals surface area contributed by atoms with Crippen molar-refractivity contribution in [2.24, 2.45) is 5.84 Å². The van der Waals surface area contributed by atoms with E-state index in [0.29, 0.717) is 6.54 Å². The van der Waals surface area contributed by atoms with E-state index in [-0.39, 0.29) is 5.96 Å². The summed E-state index contributed by atoms with van der Waals surface area (Å²) in [6.45, 7) is 0.588. The van der Waals surface area contributed by atoms with Crippen LogP contribution in [-0.2, 0) is 6.54 Å². The van der Waals surface area contributed by atoms with Crippen molar-refractivity contribution in [3.8, 4) is 0 Å². The molecule has 4 nitrogen and oxygen atoms in total. The maximum Gasteiger partial charge on any atom is 0.203 e. The maximum atomic E-state index is 7.35. The van der Waals surface area contributed by atoms with Gasteiger partial charge in [0.05, 0.1) is 0 Å². The lowest BCUT2D eigenvalue weighted by atomic mass is 10.0. The fourth-order valence-electron chi connectivity index (χ4n) is 1.68. The summed E-state index contributed by atoms with van der Waals surface area (Å²) in [5, 5.41) is 12.6. The van der Waals surface area contributed by atoms with Gasteiger partial charge in [0.1, 0.15) is 0 Å². The van der Waals surface area contributed by atoms with Crippen LogP contribution < -0.4 is 16.6 Å². The van der Waals surface area contributed by atoms with Gasteiger partial charge in [0.25, 0.3) is 0 Å². The molecule has 0 saturated heterocycles. The average molecular weight is 214 g/mol. The van der Waals surface area contributed by atoms with Crippen LogP contribution in [0.5, 0.6) is 0 Å². The maximum absolute atomic E-state index is 7.35. The Kier molecular flexibility index (Phi) is 3.03. The highest BCUT2D eigenvalue weighted by molar-refractivity contribution is 5.86. The van der Waals surface area contributed by atoms with Crippen LogP contribution in [0.3, 0.4) is 0 Å². The van der Waals surface area contributed by atoms with Crippen LogP contribution in [0.25, 0.3) is 10.8 Å². The molecule has 4 heteroatoms. The number of hydrogen-bond acceptors (Lipinski definition) is 2. The summed E-state index contributed by atoms with van der Waals surface area (Å²) >= 11 is 0. The molecular weight excluding hydrogens is 200 g/mol. The minimum absolute atomic E-state index is 0.118. The van der Waals surface area contributed by atoms with Gasteiger partial charge in [0.15, 0.2) is 0 Å². The molecule has 0 bridgehead atoms. The van der Waals surface area contributed by atoms with E-state index in [9.17, 15) is 0 Å². The molecule has 0 aliphatic heterocycles. The third kappa shape index (κ3) is 2.12. The largest absolute Gasteiger partial charge is 0.351 e. The van der Waals surface area contributed by atoms with Crippen LogP contribution in [0.15, 0.2) is 42.5 Å². The van der Waals surface area contributed by atoms with Crippen molar-refractivity contribution in [2.45, 2.75) is 6.54 Å². The fourth-order valence-corrected chi connectivity index (χ4v) is 1.68. The second kappa shape index (κ2) is 4.63. The number of benzene rings is 2. The Labute approximate surface area is 93.9 Å². The molecule has 0 fully saturated rings. The number of guanidine groups is 1. The smallest absolute Gasteiger partial charge is 0.203 e. The highest BCUT2D eigenvalue weighted by Crippen LogP contribution is 2.17. The van der Waals surface area contributed by atoms with E-state index in [0.717, 1.165) is 5.56 Å². The van der Waals surface area contributed by atoms with E-state index < -0.39 is 0 Å². The van der Waals surface area contributed by atoms with Gasteiger partial charge in [-0.1, -0.05) is 42.5 Å². The SMILES string of the molecule is N=C(NN)NCc1cccc2ccccc12. The Hall–Kier alpha value is -2.07. The highest BCUT2D eigenvalue weighted by Gasteiger charge is 2.00. The van der Waals surface area contributed by atoms with Crippen molar-refractivity contribution in [2.75, 3.05) is 0 Å². The third-order valence-corrected chi connectivity index (χ3v) is 2.48. The van der Waals surface area contributed by atoms with E-state index in [1.807, 2.05) is 24.3 Å². The molecule has 2 aromatic carbocycles. The molecule has 0 aliphatic rings. The first kappa shape index (κ1) is 10.4. The molecule has 0 unspecified atom stereocenters. The van der Waals surface area contributed by atoms with Gasteiger partial charge in [-0.25, -0.2) is 5.84 Å². The predicted octanol–water partition coefficient (Wildman–Crippen LogP) is 1.33. The molecule has 0 saturated carbocycles. The number of fused-ring (bicyclic) bond motifs is 1. The molecule has 0 heterocycles. The van der Waals surface area contributed by atoms with Crippen LogP contribution in [0.4, 0.5) is 0 Å². The Balaban J connectivity index is 2.27. The molecule has 5 N–H and O–H groups in total. The lowest BCUT2D eigenvalue weighted by molar-refractivity contribution is 0.839. The second-order valence-electron chi connectivity index (χ2n) is 3.51. The lowest BCUT2D eigenvalue weighted by Crippen LogP contribution is -2.40.